The van der Waals surface area contributed by atoms with Crippen LogP contribution in [0.1, 0.15) is 11.8 Å². The summed E-state index contributed by atoms with van der Waals surface area (Å²) in [4.78, 5) is 18.6. The van der Waals surface area contributed by atoms with E-state index in [1.165, 1.54) is 22.2 Å². The lowest BCUT2D eigenvalue weighted by molar-refractivity contribution is 0.0915. The van der Waals surface area contributed by atoms with Gasteiger partial charge in [0.05, 0.1) is 18.3 Å². The summed E-state index contributed by atoms with van der Waals surface area (Å²) in [6.45, 7) is 2.33. The Kier molecular flexibility index (Phi) is 4.73. The van der Waals surface area contributed by atoms with Crippen LogP contribution < -0.4 is 10.3 Å². The molecule has 0 aliphatic heterocycles. The second kappa shape index (κ2) is 6.93. The monoisotopic (exact) mass is 330 g/mol. The first kappa shape index (κ1) is 15.7. The molecule has 0 aliphatic rings. The van der Waals surface area contributed by atoms with Crippen molar-refractivity contribution in [1.29, 1.82) is 0 Å². The largest absolute Gasteiger partial charge is 0.491 e. The number of nitrogens with zero attached hydrogens (tertiary/aromatic N) is 2. The zero-order chi connectivity index (χ0) is 16.2. The molecule has 0 unspecified atom stereocenters. The highest BCUT2D eigenvalue weighted by atomic mass is 32.1. The highest BCUT2D eigenvalue weighted by Gasteiger charge is 2.12. The second-order valence-electron chi connectivity index (χ2n) is 5.27. The third kappa shape index (κ3) is 3.60. The fourth-order valence-electron chi connectivity index (χ4n) is 2.30. The Bertz CT molecular complexity index is 842. The topological polar surface area (TPSA) is 64.4 Å². The van der Waals surface area contributed by atoms with E-state index < -0.39 is 6.10 Å². The molecule has 2 aromatic heterocycles. The number of aliphatic hydroxyl groups excluding tert-OH is 1. The molecule has 1 atom stereocenters. The van der Waals surface area contributed by atoms with Crippen molar-refractivity contribution in [2.75, 3.05) is 6.61 Å². The summed E-state index contributed by atoms with van der Waals surface area (Å²) >= 11 is 1.53. The fourth-order valence-corrected chi connectivity index (χ4v) is 3.23. The Morgan fingerprint density at radius 2 is 2.13 bits per heavy atom. The maximum atomic E-state index is 12.4. The van der Waals surface area contributed by atoms with Crippen LogP contribution in [0, 0.1) is 0 Å². The summed E-state index contributed by atoms with van der Waals surface area (Å²) in [7, 11) is 0. The third-order valence-electron chi connectivity index (χ3n) is 3.51. The molecule has 2 heterocycles. The van der Waals surface area contributed by atoms with E-state index in [4.69, 9.17) is 4.74 Å². The van der Waals surface area contributed by atoms with Crippen LogP contribution in [0.2, 0.25) is 0 Å². The van der Waals surface area contributed by atoms with Crippen LogP contribution in [-0.2, 0) is 13.0 Å². The molecule has 0 aliphatic carbocycles. The lowest BCUT2D eigenvalue weighted by atomic mass is 10.3. The van der Waals surface area contributed by atoms with Gasteiger partial charge < -0.3 is 9.84 Å². The number of rotatable bonds is 6. The normalized spacial score (nSPS) is 12.4. The summed E-state index contributed by atoms with van der Waals surface area (Å²) in [5, 5.41) is 10.7. The average Bonchev–Trinajstić information content (AvgIpc) is 3.01. The molecule has 0 saturated heterocycles. The summed E-state index contributed by atoms with van der Waals surface area (Å²) in [5.74, 6) is 0.692. The van der Waals surface area contributed by atoms with Crippen LogP contribution in [0.25, 0.3) is 10.2 Å². The molecular weight excluding hydrogens is 312 g/mol. The van der Waals surface area contributed by atoms with Gasteiger partial charge in [0.25, 0.3) is 5.56 Å². The molecule has 5 nitrogen and oxygen atoms in total. The number of hydrogen-bond acceptors (Lipinski definition) is 5. The van der Waals surface area contributed by atoms with Crippen LogP contribution in [0.3, 0.4) is 0 Å². The first-order valence-electron chi connectivity index (χ1n) is 7.51. The SMILES string of the molecule is CCc1cc2c(=O)n(C[C@@H](O)COc3ccccc3)cnc2s1. The number of thiophene rings is 1. The number of ether oxygens (including phenoxy) is 1. The Labute approximate surface area is 137 Å². The van der Waals surface area contributed by atoms with Crippen LogP contribution in [-0.4, -0.2) is 27.4 Å². The standard InChI is InChI=1S/C17H18N2O3S/c1-2-14-8-15-16(23-14)18-11-19(17(15)21)9-12(20)10-22-13-6-4-3-5-7-13/h3-8,11-12,20H,2,9-10H2,1H3/t12-/m1/s1. The number of fused-ring (bicyclic) bond motifs is 1. The van der Waals surface area contributed by atoms with Crippen molar-refractivity contribution in [3.8, 4) is 5.75 Å². The summed E-state index contributed by atoms with van der Waals surface area (Å²) in [6, 6.07) is 11.2. The molecule has 1 N–H and O–H groups in total. The highest BCUT2D eigenvalue weighted by molar-refractivity contribution is 7.18. The van der Waals surface area contributed by atoms with E-state index in [2.05, 4.69) is 4.98 Å². The molecule has 3 aromatic rings. The smallest absolute Gasteiger partial charge is 0.262 e. The van der Waals surface area contributed by atoms with Gasteiger partial charge in [0.1, 0.15) is 23.3 Å². The van der Waals surface area contributed by atoms with Gasteiger partial charge in [0.15, 0.2) is 0 Å². The predicted octanol–water partition coefficient (Wildman–Crippen LogP) is 2.46. The maximum absolute atomic E-state index is 12.4. The minimum atomic E-state index is -0.781. The van der Waals surface area contributed by atoms with E-state index in [1.54, 1.807) is 0 Å². The Hall–Kier alpha value is -2.18. The first-order chi connectivity index (χ1) is 11.2. The molecule has 0 fully saturated rings. The van der Waals surface area contributed by atoms with Gasteiger partial charge in [-0.3, -0.25) is 9.36 Å². The van der Waals surface area contributed by atoms with Gasteiger partial charge in [-0.15, -0.1) is 11.3 Å². The van der Waals surface area contributed by atoms with Gasteiger partial charge in [0.2, 0.25) is 0 Å². The minimum Gasteiger partial charge on any atom is -0.491 e. The van der Waals surface area contributed by atoms with E-state index in [-0.39, 0.29) is 18.7 Å². The van der Waals surface area contributed by atoms with Crippen molar-refractivity contribution in [2.45, 2.75) is 26.0 Å². The van der Waals surface area contributed by atoms with Crippen molar-refractivity contribution in [3.63, 3.8) is 0 Å². The summed E-state index contributed by atoms with van der Waals surface area (Å²) in [6.07, 6.45) is 1.59. The minimum absolute atomic E-state index is 0.121. The lowest BCUT2D eigenvalue weighted by Gasteiger charge is -2.13. The van der Waals surface area contributed by atoms with Crippen molar-refractivity contribution in [3.05, 3.63) is 58.0 Å². The van der Waals surface area contributed by atoms with Crippen LogP contribution >= 0.6 is 11.3 Å². The number of hydrogen-bond donors (Lipinski definition) is 1. The Morgan fingerprint density at radius 1 is 1.35 bits per heavy atom. The van der Waals surface area contributed by atoms with Crippen molar-refractivity contribution < 1.29 is 9.84 Å². The van der Waals surface area contributed by atoms with Crippen molar-refractivity contribution in [1.82, 2.24) is 9.55 Å². The van der Waals surface area contributed by atoms with Gasteiger partial charge in [-0.25, -0.2) is 4.98 Å². The molecule has 3 rings (SSSR count). The molecule has 0 radical (unpaired) electrons. The lowest BCUT2D eigenvalue weighted by Crippen LogP contribution is -2.30. The molecule has 6 heteroatoms. The molecule has 0 spiro atoms. The number of para-hydroxylation sites is 1. The highest BCUT2D eigenvalue weighted by Crippen LogP contribution is 2.21. The zero-order valence-electron chi connectivity index (χ0n) is 12.8. The van der Waals surface area contributed by atoms with Gasteiger partial charge in [-0.1, -0.05) is 25.1 Å². The average molecular weight is 330 g/mol. The molecule has 23 heavy (non-hydrogen) atoms. The van der Waals surface area contributed by atoms with Gasteiger partial charge in [-0.2, -0.15) is 0 Å². The molecule has 0 saturated carbocycles. The van der Waals surface area contributed by atoms with E-state index in [1.807, 2.05) is 43.3 Å². The van der Waals surface area contributed by atoms with Crippen molar-refractivity contribution in [2.24, 2.45) is 0 Å². The number of benzene rings is 1. The van der Waals surface area contributed by atoms with E-state index in [0.29, 0.717) is 11.1 Å². The van der Waals surface area contributed by atoms with E-state index in [0.717, 1.165) is 16.1 Å². The fraction of sp³-hybridized carbons (Fsp3) is 0.294. The Balaban J connectivity index is 1.70. The Morgan fingerprint density at radius 3 is 2.87 bits per heavy atom. The molecule has 120 valence electrons. The third-order valence-corrected chi connectivity index (χ3v) is 4.70. The zero-order valence-corrected chi connectivity index (χ0v) is 13.6. The quantitative estimate of drug-likeness (QED) is 0.754. The molecule has 0 amide bonds. The molecule has 0 bridgehead atoms. The second-order valence-corrected chi connectivity index (χ2v) is 6.38. The number of aryl methyl sites for hydroxylation is 1. The summed E-state index contributed by atoms with van der Waals surface area (Å²) in [5.41, 5.74) is -0.121. The van der Waals surface area contributed by atoms with Crippen LogP contribution in [0.5, 0.6) is 5.75 Å². The molecule has 1 aromatic carbocycles. The van der Waals surface area contributed by atoms with E-state index >= 15 is 0 Å². The van der Waals surface area contributed by atoms with Crippen molar-refractivity contribution >= 4 is 21.6 Å². The van der Waals surface area contributed by atoms with Gasteiger partial charge in [0, 0.05) is 4.88 Å². The van der Waals surface area contributed by atoms with Gasteiger partial charge >= 0.3 is 0 Å². The van der Waals surface area contributed by atoms with Crippen LogP contribution in [0.4, 0.5) is 0 Å². The predicted molar refractivity (Wildman–Crippen MR) is 91.2 cm³/mol. The first-order valence-corrected chi connectivity index (χ1v) is 8.32. The van der Waals surface area contributed by atoms with Crippen LogP contribution in [0.15, 0.2) is 47.5 Å². The van der Waals surface area contributed by atoms with Gasteiger partial charge in [-0.05, 0) is 24.6 Å². The number of aromatic nitrogens is 2. The molecular formula is C17H18N2O3S. The maximum Gasteiger partial charge on any atom is 0.262 e. The van der Waals surface area contributed by atoms with E-state index in [9.17, 15) is 9.90 Å². The summed E-state index contributed by atoms with van der Waals surface area (Å²) < 4.78 is 6.94. The number of aliphatic hydroxyl groups is 1.